The van der Waals surface area contributed by atoms with Crippen molar-refractivity contribution in [2.24, 2.45) is 4.99 Å². The molecule has 1 aliphatic heterocycles. The first-order valence-electron chi connectivity index (χ1n) is 5.42. The number of rotatable bonds is 3. The molecule has 1 aromatic rings. The van der Waals surface area contributed by atoms with Gasteiger partial charge in [-0.3, -0.25) is 4.99 Å². The molecule has 0 spiro atoms. The first-order chi connectivity index (χ1) is 7.68. The molecule has 17 heavy (non-hydrogen) atoms. The molecule has 0 saturated carbocycles. The van der Waals surface area contributed by atoms with E-state index in [0.717, 1.165) is 41.7 Å². The van der Waals surface area contributed by atoms with Gasteiger partial charge in [0.2, 0.25) is 0 Å². The first kappa shape index (κ1) is 14.1. The highest BCUT2D eigenvalue weighted by Crippen LogP contribution is 2.25. The quantitative estimate of drug-likeness (QED) is 0.917. The average Bonchev–Trinajstić information content (AvgIpc) is 2.74. The van der Waals surface area contributed by atoms with Gasteiger partial charge >= 0.3 is 0 Å². The zero-order valence-electron chi connectivity index (χ0n) is 10.0. The van der Waals surface area contributed by atoms with Gasteiger partial charge in [-0.05, 0) is 24.6 Å². The van der Waals surface area contributed by atoms with Gasteiger partial charge in [0.1, 0.15) is 5.84 Å². The van der Waals surface area contributed by atoms with Crippen LogP contribution in [0.5, 0.6) is 0 Å². The summed E-state index contributed by atoms with van der Waals surface area (Å²) >= 11 is 6.10. The number of benzene rings is 1. The monoisotopic (exact) mass is 273 g/mol. The lowest BCUT2D eigenvalue weighted by Gasteiger charge is -2.21. The topological polar surface area (TPSA) is 27.6 Å². The molecule has 94 valence electrons. The molecule has 0 atom stereocenters. The normalized spacial score (nSPS) is 13.7. The highest BCUT2D eigenvalue weighted by molar-refractivity contribution is 6.31. The molecular weight excluding hydrogens is 257 g/mol. The third kappa shape index (κ3) is 3.27. The molecule has 0 fully saturated rings. The molecule has 3 nitrogen and oxygen atoms in total. The molecule has 1 aliphatic rings. The summed E-state index contributed by atoms with van der Waals surface area (Å²) in [6.45, 7) is 4.69. The molecule has 1 N–H and O–H groups in total. The van der Waals surface area contributed by atoms with E-state index in [1.165, 1.54) is 0 Å². The lowest BCUT2D eigenvalue weighted by atomic mass is 10.2. The van der Waals surface area contributed by atoms with Crippen LogP contribution in [0.2, 0.25) is 5.02 Å². The van der Waals surface area contributed by atoms with E-state index in [0.29, 0.717) is 0 Å². The summed E-state index contributed by atoms with van der Waals surface area (Å²) in [7, 11) is 2.06. The van der Waals surface area contributed by atoms with Gasteiger partial charge in [0.25, 0.3) is 0 Å². The van der Waals surface area contributed by atoms with E-state index in [1.54, 1.807) is 0 Å². The van der Waals surface area contributed by atoms with Gasteiger partial charge in [-0.1, -0.05) is 17.7 Å². The van der Waals surface area contributed by atoms with Crippen LogP contribution in [0.4, 0.5) is 5.69 Å². The highest BCUT2D eigenvalue weighted by atomic mass is 35.5. The third-order valence-electron chi connectivity index (χ3n) is 2.78. The number of halogens is 2. The minimum atomic E-state index is 0. The Morgan fingerprint density at radius 1 is 1.47 bits per heavy atom. The number of amidine groups is 1. The van der Waals surface area contributed by atoms with E-state index >= 15 is 0 Å². The van der Waals surface area contributed by atoms with Gasteiger partial charge < -0.3 is 10.2 Å². The maximum atomic E-state index is 6.10. The van der Waals surface area contributed by atoms with Crippen molar-refractivity contribution in [1.82, 2.24) is 5.32 Å². The van der Waals surface area contributed by atoms with Gasteiger partial charge in [-0.2, -0.15) is 0 Å². The summed E-state index contributed by atoms with van der Waals surface area (Å²) in [5, 5.41) is 4.08. The highest BCUT2D eigenvalue weighted by Gasteiger charge is 2.11. The summed E-state index contributed by atoms with van der Waals surface area (Å²) in [6.07, 6.45) is 0. The first-order valence-corrected chi connectivity index (χ1v) is 5.79. The molecule has 0 saturated heterocycles. The summed E-state index contributed by atoms with van der Waals surface area (Å²) in [4.78, 5) is 6.55. The van der Waals surface area contributed by atoms with E-state index in [-0.39, 0.29) is 12.4 Å². The molecule has 0 aromatic heterocycles. The molecule has 0 aliphatic carbocycles. The third-order valence-corrected chi connectivity index (χ3v) is 3.19. The molecule has 2 rings (SSSR count). The summed E-state index contributed by atoms with van der Waals surface area (Å²) in [5.41, 5.74) is 2.27. The second-order valence-electron chi connectivity index (χ2n) is 4.00. The Balaban J connectivity index is 0.00000144. The molecule has 0 amide bonds. The minimum absolute atomic E-state index is 0. The predicted octanol–water partition coefficient (Wildman–Crippen LogP) is 2.51. The molecule has 1 heterocycles. The van der Waals surface area contributed by atoms with Crippen molar-refractivity contribution >= 4 is 35.5 Å². The Morgan fingerprint density at radius 3 is 2.88 bits per heavy atom. The van der Waals surface area contributed by atoms with Crippen molar-refractivity contribution in [2.45, 2.75) is 6.92 Å². The van der Waals surface area contributed by atoms with Gasteiger partial charge in [0.05, 0.1) is 13.1 Å². The van der Waals surface area contributed by atoms with Crippen LogP contribution in [-0.4, -0.2) is 32.5 Å². The van der Waals surface area contributed by atoms with Crippen LogP contribution in [-0.2, 0) is 0 Å². The van der Waals surface area contributed by atoms with Crippen LogP contribution in [0.25, 0.3) is 0 Å². The van der Waals surface area contributed by atoms with Crippen LogP contribution in [0.3, 0.4) is 0 Å². The second kappa shape index (κ2) is 6.12. The predicted molar refractivity (Wildman–Crippen MR) is 77.0 cm³/mol. The van der Waals surface area contributed by atoms with Crippen LogP contribution in [0.15, 0.2) is 23.2 Å². The standard InChI is InChI=1S/C12H16ClN3.ClH/c1-9-10(13)4-3-5-11(9)16(2)8-12-14-6-7-15-12;/h3-5H,6-8H2,1-2H3,(H,14,15);1H. The fourth-order valence-electron chi connectivity index (χ4n) is 1.87. The van der Waals surface area contributed by atoms with E-state index < -0.39 is 0 Å². The Morgan fingerprint density at radius 2 is 2.24 bits per heavy atom. The Labute approximate surface area is 113 Å². The van der Waals surface area contributed by atoms with E-state index in [2.05, 4.69) is 28.3 Å². The number of anilines is 1. The van der Waals surface area contributed by atoms with Crippen molar-refractivity contribution < 1.29 is 0 Å². The van der Waals surface area contributed by atoms with Crippen molar-refractivity contribution in [1.29, 1.82) is 0 Å². The zero-order chi connectivity index (χ0) is 11.5. The molecule has 1 aromatic carbocycles. The van der Waals surface area contributed by atoms with Crippen molar-refractivity contribution in [3.05, 3.63) is 28.8 Å². The molecule has 0 unspecified atom stereocenters. The summed E-state index contributed by atoms with van der Waals surface area (Å²) in [5.74, 6) is 1.06. The molecule has 0 bridgehead atoms. The molecular formula is C12H17Cl2N3. The number of nitrogens with zero attached hydrogens (tertiary/aromatic N) is 2. The van der Waals surface area contributed by atoms with Gasteiger partial charge in [-0.25, -0.2) is 0 Å². The number of nitrogens with one attached hydrogen (secondary N) is 1. The van der Waals surface area contributed by atoms with Crippen molar-refractivity contribution in [3.8, 4) is 0 Å². The van der Waals surface area contributed by atoms with E-state index in [9.17, 15) is 0 Å². The lowest BCUT2D eigenvalue weighted by molar-refractivity contribution is 0.943. The zero-order valence-corrected chi connectivity index (χ0v) is 11.6. The summed E-state index contributed by atoms with van der Waals surface area (Å²) < 4.78 is 0. The Kier molecular flexibility index (Phi) is 5.09. The van der Waals surface area contributed by atoms with Gasteiger partial charge in [0.15, 0.2) is 0 Å². The lowest BCUT2D eigenvalue weighted by Crippen LogP contribution is -2.32. The summed E-state index contributed by atoms with van der Waals surface area (Å²) in [6, 6.07) is 5.97. The van der Waals surface area contributed by atoms with Crippen molar-refractivity contribution in [2.75, 3.05) is 31.6 Å². The second-order valence-corrected chi connectivity index (χ2v) is 4.40. The van der Waals surface area contributed by atoms with E-state index in [1.807, 2.05) is 19.1 Å². The average molecular weight is 274 g/mol. The number of hydrogen-bond acceptors (Lipinski definition) is 3. The van der Waals surface area contributed by atoms with Crippen LogP contribution in [0, 0.1) is 6.92 Å². The molecule has 0 radical (unpaired) electrons. The van der Waals surface area contributed by atoms with Gasteiger partial charge in [0, 0.05) is 24.3 Å². The van der Waals surface area contributed by atoms with E-state index in [4.69, 9.17) is 11.6 Å². The number of aliphatic imine (C=N–C) groups is 1. The van der Waals surface area contributed by atoms with Crippen LogP contribution >= 0.6 is 24.0 Å². The van der Waals surface area contributed by atoms with Crippen LogP contribution < -0.4 is 10.2 Å². The Bertz CT molecular complexity index is 418. The van der Waals surface area contributed by atoms with Gasteiger partial charge in [-0.15, -0.1) is 12.4 Å². The maximum absolute atomic E-state index is 6.10. The minimum Gasteiger partial charge on any atom is -0.370 e. The Hall–Kier alpha value is -0.930. The fourth-order valence-corrected chi connectivity index (χ4v) is 2.04. The largest absolute Gasteiger partial charge is 0.370 e. The van der Waals surface area contributed by atoms with Crippen molar-refractivity contribution in [3.63, 3.8) is 0 Å². The number of likely N-dealkylation sites (N-methyl/N-ethyl adjacent to an activating group) is 1. The number of hydrogen-bond donors (Lipinski definition) is 1. The molecule has 5 heteroatoms. The van der Waals surface area contributed by atoms with Crippen LogP contribution in [0.1, 0.15) is 5.56 Å². The smallest absolute Gasteiger partial charge is 0.116 e. The maximum Gasteiger partial charge on any atom is 0.116 e. The fraction of sp³-hybridized carbons (Fsp3) is 0.417. The SMILES string of the molecule is Cc1c(Cl)cccc1N(C)CC1=NCCN1.Cl.